The van der Waals surface area contributed by atoms with E-state index in [0.29, 0.717) is 37.0 Å². The van der Waals surface area contributed by atoms with Crippen LogP contribution in [0.15, 0.2) is 30.3 Å². The normalized spacial score (nSPS) is 20.0. The van der Waals surface area contributed by atoms with Gasteiger partial charge in [0.1, 0.15) is 0 Å². The summed E-state index contributed by atoms with van der Waals surface area (Å²) < 4.78 is 18.8. The van der Waals surface area contributed by atoms with Gasteiger partial charge in [0.2, 0.25) is 7.37 Å². The van der Waals surface area contributed by atoms with Gasteiger partial charge in [-0.2, -0.15) is 0 Å². The SMILES string of the molecule is CC(C)COCC(CNC1CCCCC1)P(=O)(O)c1ccccc1. The Balaban J connectivity index is 2.01. The molecule has 1 fully saturated rings. The third kappa shape index (κ3) is 6.00. The first-order chi connectivity index (χ1) is 11.5. The van der Waals surface area contributed by atoms with Gasteiger partial charge in [0.25, 0.3) is 0 Å². The Kier molecular flexibility index (Phi) is 7.96. The summed E-state index contributed by atoms with van der Waals surface area (Å²) in [6.45, 7) is 5.65. The van der Waals surface area contributed by atoms with E-state index in [9.17, 15) is 9.46 Å². The molecule has 0 heterocycles. The molecule has 1 aromatic rings. The molecule has 2 N–H and O–H groups in total. The number of nitrogens with one attached hydrogen (secondary N) is 1. The summed E-state index contributed by atoms with van der Waals surface area (Å²) in [5.74, 6) is 0.423. The first-order valence-electron chi connectivity index (χ1n) is 9.19. The van der Waals surface area contributed by atoms with Crippen LogP contribution in [0, 0.1) is 5.92 Å². The molecule has 136 valence electrons. The standard InChI is InChI=1S/C19H32NO3P/c1-16(2)14-23-15-19(13-20-17-9-5-3-6-10-17)24(21,22)18-11-7-4-8-12-18/h4,7-8,11-12,16-17,19-20H,3,5-6,9-10,13-15H2,1-2H3,(H,21,22). The van der Waals surface area contributed by atoms with Crippen molar-refractivity contribution in [2.45, 2.75) is 57.7 Å². The molecule has 0 aliphatic heterocycles. The summed E-state index contributed by atoms with van der Waals surface area (Å²) in [4.78, 5) is 10.8. The van der Waals surface area contributed by atoms with Crippen LogP contribution in [-0.2, 0) is 9.30 Å². The van der Waals surface area contributed by atoms with Gasteiger partial charge in [0.05, 0.1) is 12.3 Å². The number of hydrogen-bond donors (Lipinski definition) is 2. The third-order valence-electron chi connectivity index (χ3n) is 4.63. The van der Waals surface area contributed by atoms with Gasteiger partial charge in [0.15, 0.2) is 0 Å². The van der Waals surface area contributed by atoms with E-state index in [1.165, 1.54) is 32.1 Å². The van der Waals surface area contributed by atoms with E-state index < -0.39 is 13.0 Å². The van der Waals surface area contributed by atoms with Crippen molar-refractivity contribution in [2.75, 3.05) is 19.8 Å². The van der Waals surface area contributed by atoms with Crippen LogP contribution in [0.1, 0.15) is 46.0 Å². The molecule has 4 nitrogen and oxygen atoms in total. The molecule has 0 spiro atoms. The fourth-order valence-electron chi connectivity index (χ4n) is 3.19. The average molecular weight is 353 g/mol. The van der Waals surface area contributed by atoms with Crippen LogP contribution in [0.5, 0.6) is 0 Å². The summed E-state index contributed by atoms with van der Waals surface area (Å²) >= 11 is 0. The fraction of sp³-hybridized carbons (Fsp3) is 0.684. The highest BCUT2D eigenvalue weighted by molar-refractivity contribution is 7.66. The lowest BCUT2D eigenvalue weighted by Gasteiger charge is -2.28. The quantitative estimate of drug-likeness (QED) is 0.667. The molecule has 0 amide bonds. The van der Waals surface area contributed by atoms with E-state index >= 15 is 0 Å². The Bertz CT molecular complexity index is 515. The lowest BCUT2D eigenvalue weighted by molar-refractivity contribution is 0.107. The smallest absolute Gasteiger partial charge is 0.236 e. The Morgan fingerprint density at radius 2 is 1.83 bits per heavy atom. The average Bonchev–Trinajstić information content (AvgIpc) is 2.59. The van der Waals surface area contributed by atoms with Crippen LogP contribution in [0.4, 0.5) is 0 Å². The van der Waals surface area contributed by atoms with Gasteiger partial charge in [-0.05, 0) is 30.9 Å². The number of hydrogen-bond acceptors (Lipinski definition) is 3. The molecule has 2 atom stereocenters. The van der Waals surface area contributed by atoms with E-state index in [0.717, 1.165) is 0 Å². The largest absolute Gasteiger partial charge is 0.380 e. The molecule has 1 aliphatic rings. The van der Waals surface area contributed by atoms with Crippen LogP contribution in [-0.4, -0.2) is 36.4 Å². The van der Waals surface area contributed by atoms with Crippen molar-refractivity contribution < 1.29 is 14.2 Å². The minimum absolute atomic E-state index is 0.320. The van der Waals surface area contributed by atoms with E-state index in [1.54, 1.807) is 12.1 Å². The molecular formula is C19H32NO3P. The van der Waals surface area contributed by atoms with Crippen molar-refractivity contribution in [3.63, 3.8) is 0 Å². The van der Waals surface area contributed by atoms with Gasteiger partial charge >= 0.3 is 0 Å². The molecule has 0 aromatic heterocycles. The van der Waals surface area contributed by atoms with Gasteiger partial charge in [-0.15, -0.1) is 0 Å². The summed E-state index contributed by atoms with van der Waals surface area (Å²) in [6, 6.07) is 9.47. The summed E-state index contributed by atoms with van der Waals surface area (Å²) in [5.41, 5.74) is -0.402. The van der Waals surface area contributed by atoms with E-state index in [-0.39, 0.29) is 0 Å². The van der Waals surface area contributed by atoms with E-state index in [2.05, 4.69) is 19.2 Å². The molecule has 1 aliphatic carbocycles. The van der Waals surface area contributed by atoms with E-state index in [1.807, 2.05) is 18.2 Å². The minimum Gasteiger partial charge on any atom is -0.380 e. The molecular weight excluding hydrogens is 321 g/mol. The molecule has 2 unspecified atom stereocenters. The fourth-order valence-corrected chi connectivity index (χ4v) is 4.87. The minimum atomic E-state index is -3.47. The third-order valence-corrected chi connectivity index (χ3v) is 6.99. The Morgan fingerprint density at radius 1 is 1.17 bits per heavy atom. The zero-order valence-corrected chi connectivity index (χ0v) is 15.9. The van der Waals surface area contributed by atoms with Gasteiger partial charge < -0.3 is 14.9 Å². The van der Waals surface area contributed by atoms with Crippen molar-refractivity contribution in [1.82, 2.24) is 5.32 Å². The topological polar surface area (TPSA) is 58.6 Å². The lowest BCUT2D eigenvalue weighted by atomic mass is 9.95. The number of ether oxygens (including phenoxy) is 1. The second-order valence-electron chi connectivity index (χ2n) is 7.29. The Labute approximate surface area is 146 Å². The maximum absolute atomic E-state index is 13.1. The van der Waals surface area contributed by atoms with Gasteiger partial charge in [0, 0.05) is 24.5 Å². The highest BCUT2D eigenvalue weighted by atomic mass is 31.2. The van der Waals surface area contributed by atoms with Gasteiger partial charge in [-0.25, -0.2) is 0 Å². The van der Waals surface area contributed by atoms with Crippen LogP contribution in [0.2, 0.25) is 0 Å². The highest BCUT2D eigenvalue weighted by Crippen LogP contribution is 2.45. The predicted molar refractivity (Wildman–Crippen MR) is 100 cm³/mol. The molecule has 5 heteroatoms. The zero-order valence-electron chi connectivity index (χ0n) is 15.0. The van der Waals surface area contributed by atoms with E-state index in [4.69, 9.17) is 4.74 Å². The monoisotopic (exact) mass is 353 g/mol. The van der Waals surface area contributed by atoms with Crippen LogP contribution in [0.3, 0.4) is 0 Å². The van der Waals surface area contributed by atoms with Crippen LogP contribution in [0.25, 0.3) is 0 Å². The van der Waals surface area contributed by atoms with Gasteiger partial charge in [-0.1, -0.05) is 51.3 Å². The number of rotatable bonds is 9. The number of benzene rings is 1. The van der Waals surface area contributed by atoms with Crippen molar-refractivity contribution in [1.29, 1.82) is 0 Å². The second-order valence-corrected chi connectivity index (χ2v) is 9.78. The zero-order chi connectivity index (χ0) is 17.4. The van der Waals surface area contributed by atoms with Gasteiger partial charge in [-0.3, -0.25) is 4.57 Å². The molecule has 24 heavy (non-hydrogen) atoms. The molecule has 1 aromatic carbocycles. The maximum atomic E-state index is 13.1. The second kappa shape index (κ2) is 9.72. The summed E-state index contributed by atoms with van der Waals surface area (Å²) in [7, 11) is -3.47. The van der Waals surface area contributed by atoms with Crippen molar-refractivity contribution in [2.24, 2.45) is 5.92 Å². The van der Waals surface area contributed by atoms with Crippen molar-refractivity contribution in [3.8, 4) is 0 Å². The summed E-state index contributed by atoms with van der Waals surface area (Å²) in [6.07, 6.45) is 6.15. The molecule has 0 saturated heterocycles. The molecule has 0 bridgehead atoms. The maximum Gasteiger partial charge on any atom is 0.236 e. The first-order valence-corrected chi connectivity index (χ1v) is 10.9. The first kappa shape index (κ1) is 19.7. The molecule has 1 saturated carbocycles. The van der Waals surface area contributed by atoms with Crippen LogP contribution < -0.4 is 10.6 Å². The Morgan fingerprint density at radius 3 is 2.46 bits per heavy atom. The Hall–Kier alpha value is -0.670. The van der Waals surface area contributed by atoms with Crippen molar-refractivity contribution >= 4 is 12.7 Å². The molecule has 0 radical (unpaired) electrons. The highest BCUT2D eigenvalue weighted by Gasteiger charge is 2.33. The lowest BCUT2D eigenvalue weighted by Crippen LogP contribution is -2.40. The molecule has 2 rings (SSSR count). The predicted octanol–water partition coefficient (Wildman–Crippen LogP) is 3.55. The summed E-state index contributed by atoms with van der Waals surface area (Å²) in [5, 5.41) is 4.05. The van der Waals surface area contributed by atoms with Crippen LogP contribution >= 0.6 is 7.37 Å². The van der Waals surface area contributed by atoms with Crippen molar-refractivity contribution in [3.05, 3.63) is 30.3 Å².